The zero-order valence-electron chi connectivity index (χ0n) is 20.5. The molecule has 0 saturated heterocycles. The van der Waals surface area contributed by atoms with Gasteiger partial charge in [-0.05, 0) is 74.6 Å². The summed E-state index contributed by atoms with van der Waals surface area (Å²) in [5, 5.41) is 3.15. The summed E-state index contributed by atoms with van der Waals surface area (Å²) < 4.78 is 8.28. The molecule has 1 amide bonds. The van der Waals surface area contributed by atoms with E-state index >= 15 is 0 Å². The number of carbonyl (C=O) groups excluding carboxylic acids is 1. The van der Waals surface area contributed by atoms with Crippen molar-refractivity contribution in [3.8, 4) is 5.75 Å². The summed E-state index contributed by atoms with van der Waals surface area (Å²) in [6.07, 6.45) is 1.20. The largest absolute Gasteiger partial charge is 0.493 e. The number of amides is 1. The lowest BCUT2D eigenvalue weighted by atomic mass is 10.1. The van der Waals surface area contributed by atoms with Crippen LogP contribution >= 0.6 is 0 Å². The minimum Gasteiger partial charge on any atom is -0.493 e. The second-order valence-electron chi connectivity index (χ2n) is 8.90. The van der Waals surface area contributed by atoms with Crippen molar-refractivity contribution in [1.82, 2.24) is 14.9 Å². The van der Waals surface area contributed by atoms with E-state index in [1.165, 1.54) is 11.1 Å². The van der Waals surface area contributed by atoms with E-state index in [2.05, 4.69) is 35.9 Å². The van der Waals surface area contributed by atoms with E-state index in [9.17, 15) is 4.79 Å². The van der Waals surface area contributed by atoms with Crippen LogP contribution < -0.4 is 10.1 Å². The number of rotatable bonds is 9. The molecule has 0 radical (unpaired) electrons. The Morgan fingerprint density at radius 3 is 2.53 bits per heavy atom. The number of nitrogens with zero attached hydrogens (tertiary/aromatic N) is 2. The standard InChI is InChI=1S/C29H33N3O2/c1-20-12-9-16-27(22(20)3)34-18-10-17-32-26-15-8-7-14-25(26)31-29(32)23(4)30-28(33)19-24-13-6-5-11-21(24)2/h5-9,11-16,23H,10,17-19H2,1-4H3,(H,30,33). The summed E-state index contributed by atoms with van der Waals surface area (Å²) in [5.41, 5.74) is 6.60. The SMILES string of the molecule is Cc1ccccc1CC(=O)NC(C)c1nc2ccccc2n1CCCOc1cccc(C)c1C. The number of benzene rings is 3. The average Bonchev–Trinajstić information content (AvgIpc) is 3.19. The molecule has 0 aliphatic carbocycles. The van der Waals surface area contributed by atoms with Gasteiger partial charge in [-0.1, -0.05) is 48.5 Å². The van der Waals surface area contributed by atoms with Crippen LogP contribution in [0.25, 0.3) is 11.0 Å². The number of imidazole rings is 1. The third kappa shape index (κ3) is 5.30. The molecule has 1 heterocycles. The first kappa shape index (κ1) is 23.6. The molecule has 5 heteroatoms. The Labute approximate surface area is 201 Å². The molecule has 3 aromatic carbocycles. The molecule has 5 nitrogen and oxygen atoms in total. The van der Waals surface area contributed by atoms with Crippen LogP contribution in [0.2, 0.25) is 0 Å². The molecule has 4 aromatic rings. The Morgan fingerprint density at radius 1 is 0.971 bits per heavy atom. The molecule has 34 heavy (non-hydrogen) atoms. The highest BCUT2D eigenvalue weighted by Gasteiger charge is 2.19. The molecule has 176 valence electrons. The van der Waals surface area contributed by atoms with Crippen LogP contribution in [0.4, 0.5) is 0 Å². The van der Waals surface area contributed by atoms with Gasteiger partial charge >= 0.3 is 0 Å². The highest BCUT2D eigenvalue weighted by atomic mass is 16.5. The van der Waals surface area contributed by atoms with E-state index < -0.39 is 0 Å². The maximum Gasteiger partial charge on any atom is 0.225 e. The van der Waals surface area contributed by atoms with Crippen molar-refractivity contribution < 1.29 is 9.53 Å². The predicted octanol–water partition coefficient (Wildman–Crippen LogP) is 5.85. The van der Waals surface area contributed by atoms with Crippen LogP contribution in [0.3, 0.4) is 0 Å². The van der Waals surface area contributed by atoms with Crippen LogP contribution in [0.15, 0.2) is 66.7 Å². The van der Waals surface area contributed by atoms with Crippen molar-refractivity contribution in [3.05, 3.63) is 94.8 Å². The van der Waals surface area contributed by atoms with Crippen molar-refractivity contribution in [1.29, 1.82) is 0 Å². The summed E-state index contributed by atoms with van der Waals surface area (Å²) in [6, 6.07) is 22.1. The van der Waals surface area contributed by atoms with Crippen molar-refractivity contribution in [2.45, 2.75) is 53.1 Å². The van der Waals surface area contributed by atoms with E-state index in [-0.39, 0.29) is 11.9 Å². The number of fused-ring (bicyclic) bond motifs is 1. The lowest BCUT2D eigenvalue weighted by Crippen LogP contribution is -2.30. The fourth-order valence-corrected chi connectivity index (χ4v) is 4.28. The van der Waals surface area contributed by atoms with Crippen LogP contribution in [-0.4, -0.2) is 22.1 Å². The van der Waals surface area contributed by atoms with Crippen molar-refractivity contribution >= 4 is 16.9 Å². The molecule has 1 atom stereocenters. The summed E-state index contributed by atoms with van der Waals surface area (Å²) >= 11 is 0. The number of nitrogens with one attached hydrogen (secondary N) is 1. The lowest BCUT2D eigenvalue weighted by Gasteiger charge is -2.17. The number of aryl methyl sites for hydroxylation is 3. The van der Waals surface area contributed by atoms with E-state index in [0.29, 0.717) is 13.0 Å². The summed E-state index contributed by atoms with van der Waals surface area (Å²) in [5.74, 6) is 1.80. The summed E-state index contributed by atoms with van der Waals surface area (Å²) in [6.45, 7) is 9.60. The Morgan fingerprint density at radius 2 is 1.71 bits per heavy atom. The van der Waals surface area contributed by atoms with Gasteiger partial charge in [0.1, 0.15) is 11.6 Å². The van der Waals surface area contributed by atoms with Crippen LogP contribution in [0.1, 0.15) is 47.5 Å². The average molecular weight is 456 g/mol. The van der Waals surface area contributed by atoms with Crippen LogP contribution in [0.5, 0.6) is 5.75 Å². The molecule has 1 N–H and O–H groups in total. The monoisotopic (exact) mass is 455 g/mol. The van der Waals surface area contributed by atoms with Crippen LogP contribution in [-0.2, 0) is 17.8 Å². The molecular weight excluding hydrogens is 422 g/mol. The van der Waals surface area contributed by atoms with Crippen LogP contribution in [0, 0.1) is 20.8 Å². The third-order valence-corrected chi connectivity index (χ3v) is 6.40. The van der Waals surface area contributed by atoms with Gasteiger partial charge < -0.3 is 14.6 Å². The molecule has 0 saturated carbocycles. The number of aromatic nitrogens is 2. The highest BCUT2D eigenvalue weighted by Crippen LogP contribution is 2.23. The molecule has 0 bridgehead atoms. The fraction of sp³-hybridized carbons (Fsp3) is 0.310. The first-order chi connectivity index (χ1) is 16.4. The van der Waals surface area contributed by atoms with Gasteiger partial charge in [0.05, 0.1) is 30.1 Å². The number of hydrogen-bond donors (Lipinski definition) is 1. The van der Waals surface area contributed by atoms with Gasteiger partial charge in [-0.25, -0.2) is 4.98 Å². The van der Waals surface area contributed by atoms with Gasteiger partial charge in [0.15, 0.2) is 0 Å². The maximum atomic E-state index is 12.8. The maximum absolute atomic E-state index is 12.8. The van der Waals surface area contributed by atoms with E-state index in [1.807, 2.05) is 68.4 Å². The number of carbonyl (C=O) groups is 1. The number of para-hydroxylation sites is 2. The Balaban J connectivity index is 1.45. The first-order valence-corrected chi connectivity index (χ1v) is 11.9. The third-order valence-electron chi connectivity index (χ3n) is 6.40. The minimum absolute atomic E-state index is 0.00124. The van der Waals surface area contributed by atoms with E-state index in [0.717, 1.165) is 46.7 Å². The van der Waals surface area contributed by atoms with Gasteiger partial charge in [0, 0.05) is 6.54 Å². The zero-order chi connectivity index (χ0) is 24.1. The molecule has 1 aromatic heterocycles. The van der Waals surface area contributed by atoms with Gasteiger partial charge in [-0.3, -0.25) is 4.79 Å². The molecule has 0 spiro atoms. The first-order valence-electron chi connectivity index (χ1n) is 11.9. The van der Waals surface area contributed by atoms with Crippen molar-refractivity contribution in [2.24, 2.45) is 0 Å². The van der Waals surface area contributed by atoms with E-state index in [4.69, 9.17) is 9.72 Å². The second-order valence-corrected chi connectivity index (χ2v) is 8.90. The molecule has 0 aliphatic heterocycles. The zero-order valence-corrected chi connectivity index (χ0v) is 20.5. The van der Waals surface area contributed by atoms with E-state index in [1.54, 1.807) is 0 Å². The highest BCUT2D eigenvalue weighted by molar-refractivity contribution is 5.80. The lowest BCUT2D eigenvalue weighted by molar-refractivity contribution is -0.121. The number of hydrogen-bond acceptors (Lipinski definition) is 3. The number of ether oxygens (including phenoxy) is 1. The van der Waals surface area contributed by atoms with Gasteiger partial charge in [0.25, 0.3) is 0 Å². The van der Waals surface area contributed by atoms with Crippen molar-refractivity contribution in [3.63, 3.8) is 0 Å². The summed E-state index contributed by atoms with van der Waals surface area (Å²) in [7, 11) is 0. The topological polar surface area (TPSA) is 56.2 Å². The Bertz CT molecular complexity index is 1290. The molecule has 4 rings (SSSR count). The van der Waals surface area contributed by atoms with Gasteiger partial charge in [-0.2, -0.15) is 0 Å². The summed E-state index contributed by atoms with van der Waals surface area (Å²) in [4.78, 5) is 17.6. The molecular formula is C29H33N3O2. The quantitative estimate of drug-likeness (QED) is 0.322. The molecule has 0 aliphatic rings. The normalized spacial score (nSPS) is 12.0. The second kappa shape index (κ2) is 10.6. The predicted molar refractivity (Wildman–Crippen MR) is 137 cm³/mol. The molecule has 0 fully saturated rings. The Hall–Kier alpha value is -3.60. The van der Waals surface area contributed by atoms with Gasteiger partial charge in [0.2, 0.25) is 5.91 Å². The fourth-order valence-electron chi connectivity index (χ4n) is 4.28. The smallest absolute Gasteiger partial charge is 0.225 e. The Kier molecular flexibility index (Phi) is 7.31. The van der Waals surface area contributed by atoms with Gasteiger partial charge in [-0.15, -0.1) is 0 Å². The molecule has 1 unspecified atom stereocenters. The van der Waals surface area contributed by atoms with Crippen molar-refractivity contribution in [2.75, 3.05) is 6.61 Å². The minimum atomic E-state index is -0.205.